The number of nitrogens with zero attached hydrogens (tertiary/aromatic N) is 1. The Morgan fingerprint density at radius 3 is 2.38 bits per heavy atom. The zero-order valence-corrected chi connectivity index (χ0v) is 12.7. The lowest BCUT2D eigenvalue weighted by Crippen LogP contribution is -2.12. The van der Waals surface area contributed by atoms with Crippen molar-refractivity contribution in [1.29, 1.82) is 5.26 Å². The van der Waals surface area contributed by atoms with E-state index in [2.05, 4.69) is 0 Å². The second kappa shape index (κ2) is 6.44. The van der Waals surface area contributed by atoms with Crippen LogP contribution < -0.4 is 0 Å². The number of halogens is 4. The van der Waals surface area contributed by atoms with Gasteiger partial charge in [0.05, 0.1) is 11.1 Å². The van der Waals surface area contributed by atoms with E-state index in [1.165, 1.54) is 30.3 Å². The lowest BCUT2D eigenvalue weighted by Gasteiger charge is -2.11. The molecule has 0 radical (unpaired) electrons. The minimum absolute atomic E-state index is 0.0504. The SMILES string of the molecule is N#CC(C(=O)c1ccc(Cl)c(F)c1)c1ccc(Cl)cc1Cl. The normalized spacial score (nSPS) is 11.8. The van der Waals surface area contributed by atoms with Gasteiger partial charge in [-0.05, 0) is 35.9 Å². The highest BCUT2D eigenvalue weighted by Crippen LogP contribution is 2.30. The van der Waals surface area contributed by atoms with Crippen LogP contribution in [0.2, 0.25) is 15.1 Å². The summed E-state index contributed by atoms with van der Waals surface area (Å²) in [7, 11) is 0. The van der Waals surface area contributed by atoms with Gasteiger partial charge in [0.25, 0.3) is 0 Å². The van der Waals surface area contributed by atoms with Crippen LogP contribution in [-0.4, -0.2) is 5.78 Å². The summed E-state index contributed by atoms with van der Waals surface area (Å²) in [6, 6.07) is 9.98. The minimum Gasteiger partial charge on any atom is -0.292 e. The van der Waals surface area contributed by atoms with Gasteiger partial charge in [-0.25, -0.2) is 4.39 Å². The number of hydrogen-bond donors (Lipinski definition) is 0. The Hall–Kier alpha value is -1.60. The Morgan fingerprint density at radius 1 is 1.10 bits per heavy atom. The van der Waals surface area contributed by atoms with Crippen LogP contribution in [0, 0.1) is 17.1 Å². The highest BCUT2D eigenvalue weighted by atomic mass is 35.5. The van der Waals surface area contributed by atoms with Crippen molar-refractivity contribution in [2.75, 3.05) is 0 Å². The molecule has 1 unspecified atom stereocenters. The number of benzene rings is 2. The smallest absolute Gasteiger partial charge is 0.184 e. The van der Waals surface area contributed by atoms with Crippen molar-refractivity contribution in [3.05, 3.63) is 68.4 Å². The van der Waals surface area contributed by atoms with Crippen molar-refractivity contribution in [3.8, 4) is 6.07 Å². The third-order valence-corrected chi connectivity index (χ3v) is 3.74. The van der Waals surface area contributed by atoms with E-state index < -0.39 is 17.5 Å². The Balaban J connectivity index is 2.43. The Bertz CT molecular complexity index is 755. The number of ketones is 1. The molecule has 0 aliphatic heterocycles. The quantitative estimate of drug-likeness (QED) is 0.712. The largest absolute Gasteiger partial charge is 0.292 e. The molecule has 6 heteroatoms. The highest BCUT2D eigenvalue weighted by Gasteiger charge is 2.24. The van der Waals surface area contributed by atoms with Crippen LogP contribution in [-0.2, 0) is 0 Å². The van der Waals surface area contributed by atoms with Crippen LogP contribution in [0.5, 0.6) is 0 Å². The van der Waals surface area contributed by atoms with Gasteiger partial charge in [-0.1, -0.05) is 40.9 Å². The molecule has 0 aliphatic rings. The van der Waals surface area contributed by atoms with Gasteiger partial charge in [-0.15, -0.1) is 0 Å². The third kappa shape index (κ3) is 3.36. The fraction of sp³-hybridized carbons (Fsp3) is 0.0667. The van der Waals surface area contributed by atoms with Gasteiger partial charge in [0.2, 0.25) is 0 Å². The zero-order valence-electron chi connectivity index (χ0n) is 10.4. The van der Waals surface area contributed by atoms with E-state index in [1.807, 2.05) is 6.07 Å². The summed E-state index contributed by atoms with van der Waals surface area (Å²) >= 11 is 17.4. The van der Waals surface area contributed by atoms with Gasteiger partial charge < -0.3 is 0 Å². The molecule has 0 amide bonds. The molecule has 0 aliphatic carbocycles. The average Bonchev–Trinajstić information content (AvgIpc) is 2.44. The number of hydrogen-bond acceptors (Lipinski definition) is 2. The predicted octanol–water partition coefficient (Wildman–Crippen LogP) is 5.28. The molecule has 0 saturated carbocycles. The number of Topliss-reactive ketones (excluding diaryl/α,β-unsaturated/α-hetero) is 1. The first kappa shape index (κ1) is 15.8. The maximum atomic E-state index is 13.4. The lowest BCUT2D eigenvalue weighted by atomic mass is 9.92. The molecule has 0 aromatic heterocycles. The standard InChI is InChI=1S/C15H7Cl3FNO/c16-9-2-3-10(13(18)6-9)11(7-20)15(21)8-1-4-12(17)14(19)5-8/h1-6,11H. The summed E-state index contributed by atoms with van der Waals surface area (Å²) in [5.74, 6) is -2.42. The highest BCUT2D eigenvalue weighted by molar-refractivity contribution is 6.35. The van der Waals surface area contributed by atoms with E-state index in [0.717, 1.165) is 6.07 Å². The first-order valence-corrected chi connectivity index (χ1v) is 6.91. The van der Waals surface area contributed by atoms with E-state index >= 15 is 0 Å². The second-order valence-corrected chi connectivity index (χ2v) is 5.47. The number of carbonyl (C=O) groups excluding carboxylic acids is 1. The molecule has 0 bridgehead atoms. The Kier molecular flexibility index (Phi) is 4.84. The Morgan fingerprint density at radius 2 is 1.81 bits per heavy atom. The molecule has 0 spiro atoms. The molecule has 0 fully saturated rings. The molecular formula is C15H7Cl3FNO. The molecule has 0 heterocycles. The van der Waals surface area contributed by atoms with Crippen molar-refractivity contribution < 1.29 is 9.18 Å². The van der Waals surface area contributed by atoms with Gasteiger partial charge >= 0.3 is 0 Å². The molecule has 21 heavy (non-hydrogen) atoms. The van der Waals surface area contributed by atoms with Crippen molar-refractivity contribution >= 4 is 40.6 Å². The van der Waals surface area contributed by atoms with Gasteiger partial charge in [0, 0.05) is 15.6 Å². The molecule has 2 rings (SSSR count). The second-order valence-electron chi connectivity index (χ2n) is 4.22. The van der Waals surface area contributed by atoms with Crippen LogP contribution in [0.1, 0.15) is 21.8 Å². The average molecular weight is 343 g/mol. The fourth-order valence-electron chi connectivity index (χ4n) is 1.82. The molecule has 1 atom stereocenters. The molecule has 2 nitrogen and oxygen atoms in total. The van der Waals surface area contributed by atoms with E-state index in [9.17, 15) is 14.4 Å². The summed E-state index contributed by atoms with van der Waals surface area (Å²) in [5, 5.41) is 9.75. The third-order valence-electron chi connectivity index (χ3n) is 2.87. The monoisotopic (exact) mass is 341 g/mol. The van der Waals surface area contributed by atoms with Crippen molar-refractivity contribution in [1.82, 2.24) is 0 Å². The topological polar surface area (TPSA) is 40.9 Å². The molecule has 2 aromatic rings. The minimum atomic E-state index is -1.14. The molecular weight excluding hydrogens is 336 g/mol. The van der Waals surface area contributed by atoms with E-state index in [1.54, 1.807) is 0 Å². The Labute approximate surface area is 135 Å². The van der Waals surface area contributed by atoms with Crippen LogP contribution in [0.3, 0.4) is 0 Å². The number of carbonyl (C=O) groups is 1. The maximum Gasteiger partial charge on any atom is 0.184 e. The van der Waals surface area contributed by atoms with Gasteiger partial charge in [-0.2, -0.15) is 5.26 Å². The van der Waals surface area contributed by atoms with Crippen LogP contribution >= 0.6 is 34.8 Å². The van der Waals surface area contributed by atoms with Crippen LogP contribution in [0.25, 0.3) is 0 Å². The molecule has 106 valence electrons. The van der Waals surface area contributed by atoms with E-state index in [0.29, 0.717) is 10.6 Å². The van der Waals surface area contributed by atoms with Crippen LogP contribution in [0.15, 0.2) is 36.4 Å². The first-order chi connectivity index (χ1) is 9.93. The van der Waals surface area contributed by atoms with Gasteiger partial charge in [0.1, 0.15) is 11.7 Å². The summed E-state index contributed by atoms with van der Waals surface area (Å²) in [6.45, 7) is 0. The zero-order chi connectivity index (χ0) is 15.6. The first-order valence-electron chi connectivity index (χ1n) is 5.78. The molecule has 0 saturated heterocycles. The van der Waals surface area contributed by atoms with Crippen molar-refractivity contribution in [2.24, 2.45) is 0 Å². The van der Waals surface area contributed by atoms with E-state index in [4.69, 9.17) is 34.8 Å². The van der Waals surface area contributed by atoms with Crippen LogP contribution in [0.4, 0.5) is 4.39 Å². The summed E-state index contributed by atoms with van der Waals surface area (Å²) in [5.41, 5.74) is 0.374. The number of rotatable bonds is 3. The maximum absolute atomic E-state index is 13.4. The molecule has 0 N–H and O–H groups in total. The fourth-order valence-corrected chi connectivity index (χ4v) is 2.46. The predicted molar refractivity (Wildman–Crippen MR) is 80.6 cm³/mol. The lowest BCUT2D eigenvalue weighted by molar-refractivity contribution is 0.0978. The van der Waals surface area contributed by atoms with E-state index in [-0.39, 0.29) is 15.6 Å². The van der Waals surface area contributed by atoms with Gasteiger partial charge in [0.15, 0.2) is 5.78 Å². The van der Waals surface area contributed by atoms with Gasteiger partial charge in [-0.3, -0.25) is 4.79 Å². The molecule has 2 aromatic carbocycles. The van der Waals surface area contributed by atoms with Crippen molar-refractivity contribution in [3.63, 3.8) is 0 Å². The summed E-state index contributed by atoms with van der Waals surface area (Å²) < 4.78 is 13.4. The number of nitriles is 1. The summed E-state index contributed by atoms with van der Waals surface area (Å²) in [6.07, 6.45) is 0. The van der Waals surface area contributed by atoms with Crippen molar-refractivity contribution in [2.45, 2.75) is 5.92 Å². The summed E-state index contributed by atoms with van der Waals surface area (Å²) in [4.78, 5) is 12.4.